The predicted octanol–water partition coefficient (Wildman–Crippen LogP) is 2.99. The molecule has 1 aromatic rings. The summed E-state index contributed by atoms with van der Waals surface area (Å²) in [7, 11) is 1.68. The first-order chi connectivity index (χ1) is 8.36. The van der Waals surface area contributed by atoms with Crippen molar-refractivity contribution in [3.8, 4) is 5.75 Å². The van der Waals surface area contributed by atoms with E-state index in [1.54, 1.807) is 24.9 Å². The lowest BCUT2D eigenvalue weighted by Crippen LogP contribution is -2.37. The van der Waals surface area contributed by atoms with Gasteiger partial charge in [0.25, 0.3) is 0 Å². The number of rotatable bonds is 5. The Kier molecular flexibility index (Phi) is 5.26. The van der Waals surface area contributed by atoms with E-state index in [4.69, 9.17) is 28.3 Å². The van der Waals surface area contributed by atoms with E-state index in [0.717, 1.165) is 0 Å². The van der Waals surface area contributed by atoms with Gasteiger partial charge in [0.2, 0.25) is 0 Å². The van der Waals surface area contributed by atoms with E-state index in [-0.39, 0.29) is 17.3 Å². The summed E-state index contributed by atoms with van der Waals surface area (Å²) in [4.78, 5) is 12.7. The molecule has 100 valence electrons. The lowest BCUT2D eigenvalue weighted by Gasteiger charge is -2.24. The van der Waals surface area contributed by atoms with Gasteiger partial charge in [0, 0.05) is 17.1 Å². The van der Waals surface area contributed by atoms with Crippen LogP contribution in [0.15, 0.2) is 12.1 Å². The third-order valence-corrected chi connectivity index (χ3v) is 3.24. The molecule has 0 aliphatic carbocycles. The van der Waals surface area contributed by atoms with Crippen molar-refractivity contribution in [3.05, 3.63) is 27.7 Å². The number of halogens is 2. The summed E-state index contributed by atoms with van der Waals surface area (Å²) in [6.45, 7) is 2.05. The first kappa shape index (κ1) is 15.1. The molecule has 0 fully saturated rings. The van der Waals surface area contributed by atoms with Gasteiger partial charge < -0.3 is 10.2 Å². The van der Waals surface area contributed by atoms with Gasteiger partial charge in [0.1, 0.15) is 11.8 Å². The lowest BCUT2D eigenvalue weighted by atomic mass is 10.1. The zero-order valence-electron chi connectivity index (χ0n) is 10.2. The Balaban J connectivity index is 2.94. The average molecular weight is 292 g/mol. The van der Waals surface area contributed by atoms with E-state index in [0.29, 0.717) is 17.0 Å². The van der Waals surface area contributed by atoms with Crippen molar-refractivity contribution in [2.45, 2.75) is 25.9 Å². The van der Waals surface area contributed by atoms with Crippen LogP contribution >= 0.6 is 23.2 Å². The minimum absolute atomic E-state index is 0.0619. The molecule has 0 aliphatic heterocycles. The molecular weight excluding hydrogens is 277 g/mol. The number of nitrogens with zero attached hydrogens (tertiary/aromatic N) is 1. The van der Waals surface area contributed by atoms with E-state index >= 15 is 0 Å². The molecule has 0 heterocycles. The first-order valence-electron chi connectivity index (χ1n) is 5.46. The van der Waals surface area contributed by atoms with Crippen molar-refractivity contribution < 1.29 is 15.0 Å². The summed E-state index contributed by atoms with van der Waals surface area (Å²) in [5.41, 5.74) is 0.509. The summed E-state index contributed by atoms with van der Waals surface area (Å²) in [5, 5.41) is 19.4. The van der Waals surface area contributed by atoms with Crippen LogP contribution in [0.5, 0.6) is 5.75 Å². The molecule has 0 saturated heterocycles. The number of carboxylic acid groups (broad SMARTS) is 1. The van der Waals surface area contributed by atoms with Crippen LogP contribution in [0.4, 0.5) is 0 Å². The first-order valence-corrected chi connectivity index (χ1v) is 6.22. The normalized spacial score (nSPS) is 12.7. The van der Waals surface area contributed by atoms with Gasteiger partial charge in [-0.15, -0.1) is 0 Å². The molecule has 1 aromatic carbocycles. The number of benzene rings is 1. The highest BCUT2D eigenvalue weighted by molar-refractivity contribution is 6.35. The van der Waals surface area contributed by atoms with Crippen molar-refractivity contribution in [1.29, 1.82) is 0 Å². The molecule has 0 aromatic heterocycles. The monoisotopic (exact) mass is 291 g/mol. The molecule has 2 N–H and O–H groups in total. The summed E-state index contributed by atoms with van der Waals surface area (Å²) >= 11 is 11.7. The zero-order chi connectivity index (χ0) is 13.9. The molecule has 0 radical (unpaired) electrons. The fraction of sp³-hybridized carbons (Fsp3) is 0.417. The molecule has 1 rings (SSSR count). The molecule has 18 heavy (non-hydrogen) atoms. The van der Waals surface area contributed by atoms with Gasteiger partial charge in [0.15, 0.2) is 0 Å². The highest BCUT2D eigenvalue weighted by Gasteiger charge is 2.21. The Morgan fingerprint density at radius 3 is 2.56 bits per heavy atom. The quantitative estimate of drug-likeness (QED) is 0.875. The number of aliphatic carboxylic acids is 1. The molecule has 0 saturated carbocycles. The number of likely N-dealkylation sites (N-methyl/N-ethyl adjacent to an activating group) is 1. The third-order valence-electron chi connectivity index (χ3n) is 2.73. The van der Waals surface area contributed by atoms with Crippen molar-refractivity contribution in [2.24, 2.45) is 0 Å². The smallest absolute Gasteiger partial charge is 0.320 e. The highest BCUT2D eigenvalue weighted by atomic mass is 35.5. The lowest BCUT2D eigenvalue weighted by molar-refractivity contribution is -0.143. The van der Waals surface area contributed by atoms with Crippen LogP contribution in [0.1, 0.15) is 18.9 Å². The van der Waals surface area contributed by atoms with Crippen LogP contribution in [0, 0.1) is 0 Å². The Hall–Kier alpha value is -0.970. The summed E-state index contributed by atoms with van der Waals surface area (Å²) in [5.74, 6) is -0.958. The van der Waals surface area contributed by atoms with Gasteiger partial charge in [0.05, 0.1) is 5.02 Å². The summed E-state index contributed by atoms with van der Waals surface area (Å²) < 4.78 is 0. The number of carbonyl (C=O) groups is 1. The van der Waals surface area contributed by atoms with Crippen LogP contribution in [-0.4, -0.2) is 34.2 Å². The average Bonchev–Trinajstić information content (AvgIpc) is 2.25. The Morgan fingerprint density at radius 2 is 2.06 bits per heavy atom. The maximum absolute atomic E-state index is 11.0. The zero-order valence-corrected chi connectivity index (χ0v) is 11.7. The molecular formula is C12H15Cl2NO3. The van der Waals surface area contributed by atoms with Crippen LogP contribution < -0.4 is 0 Å². The molecule has 0 bridgehead atoms. The maximum Gasteiger partial charge on any atom is 0.320 e. The number of hydrogen-bond donors (Lipinski definition) is 2. The van der Waals surface area contributed by atoms with Crippen molar-refractivity contribution in [2.75, 3.05) is 7.05 Å². The molecule has 6 heteroatoms. The standard InChI is InChI=1S/C12H15Cl2NO3/c1-3-10(12(17)18)15(2)6-7-4-8(13)5-9(14)11(7)16/h4-5,10,16H,3,6H2,1-2H3,(H,17,18). The van der Waals surface area contributed by atoms with Crippen molar-refractivity contribution in [1.82, 2.24) is 4.90 Å². The van der Waals surface area contributed by atoms with Crippen LogP contribution in [-0.2, 0) is 11.3 Å². The number of phenolic OH excluding ortho intramolecular Hbond substituents is 1. The molecule has 0 aliphatic rings. The fourth-order valence-corrected chi connectivity index (χ4v) is 2.33. The third kappa shape index (κ3) is 3.51. The number of aromatic hydroxyl groups is 1. The largest absolute Gasteiger partial charge is 0.506 e. The molecule has 4 nitrogen and oxygen atoms in total. The predicted molar refractivity (Wildman–Crippen MR) is 71.3 cm³/mol. The highest BCUT2D eigenvalue weighted by Crippen LogP contribution is 2.32. The molecule has 1 atom stereocenters. The molecule has 0 spiro atoms. The Bertz CT molecular complexity index is 451. The molecule has 1 unspecified atom stereocenters. The Morgan fingerprint density at radius 1 is 1.44 bits per heavy atom. The minimum Gasteiger partial charge on any atom is -0.506 e. The van der Waals surface area contributed by atoms with E-state index in [9.17, 15) is 9.90 Å². The van der Waals surface area contributed by atoms with E-state index in [2.05, 4.69) is 0 Å². The van der Waals surface area contributed by atoms with Crippen LogP contribution in [0.25, 0.3) is 0 Å². The minimum atomic E-state index is -0.896. The van der Waals surface area contributed by atoms with Gasteiger partial charge >= 0.3 is 5.97 Å². The number of hydrogen-bond acceptors (Lipinski definition) is 3. The van der Waals surface area contributed by atoms with E-state index in [1.807, 2.05) is 0 Å². The van der Waals surface area contributed by atoms with Gasteiger partial charge in [-0.1, -0.05) is 30.1 Å². The number of phenols is 1. The second kappa shape index (κ2) is 6.27. The summed E-state index contributed by atoms with van der Waals surface area (Å²) in [6, 6.07) is 2.41. The number of carboxylic acids is 1. The molecule has 0 amide bonds. The van der Waals surface area contributed by atoms with Crippen molar-refractivity contribution in [3.63, 3.8) is 0 Å². The second-order valence-electron chi connectivity index (χ2n) is 4.07. The van der Waals surface area contributed by atoms with Gasteiger partial charge in [-0.25, -0.2) is 0 Å². The summed E-state index contributed by atoms with van der Waals surface area (Å²) in [6.07, 6.45) is 0.473. The van der Waals surface area contributed by atoms with Gasteiger partial charge in [-0.05, 0) is 25.6 Å². The van der Waals surface area contributed by atoms with Crippen molar-refractivity contribution >= 4 is 29.2 Å². The van der Waals surface area contributed by atoms with Gasteiger partial charge in [-0.3, -0.25) is 9.69 Å². The SMILES string of the molecule is CCC(C(=O)O)N(C)Cc1cc(Cl)cc(Cl)c1O. The van der Waals surface area contributed by atoms with E-state index in [1.165, 1.54) is 6.07 Å². The van der Waals surface area contributed by atoms with Crippen LogP contribution in [0.3, 0.4) is 0 Å². The topological polar surface area (TPSA) is 60.8 Å². The second-order valence-corrected chi connectivity index (χ2v) is 4.92. The Labute approximate surface area is 116 Å². The van der Waals surface area contributed by atoms with Gasteiger partial charge in [-0.2, -0.15) is 0 Å². The van der Waals surface area contributed by atoms with Crippen LogP contribution in [0.2, 0.25) is 10.0 Å². The van der Waals surface area contributed by atoms with E-state index < -0.39 is 12.0 Å². The maximum atomic E-state index is 11.0. The fourth-order valence-electron chi connectivity index (χ4n) is 1.79.